The molecule has 0 bridgehead atoms. The molecule has 0 unspecified atom stereocenters. The van der Waals surface area contributed by atoms with Gasteiger partial charge in [0.25, 0.3) is 0 Å². The summed E-state index contributed by atoms with van der Waals surface area (Å²) in [4.78, 5) is 13.1. The Hall–Kier alpha value is -1.72. The smallest absolute Gasteiger partial charge is 0.220 e. The average Bonchev–Trinajstić information content (AvgIpc) is 2.65. The highest BCUT2D eigenvalue weighted by molar-refractivity contribution is 5.77. The Labute approximate surface area is 87.6 Å². The zero-order valence-corrected chi connectivity index (χ0v) is 8.44. The Morgan fingerprint density at radius 2 is 2.20 bits per heavy atom. The van der Waals surface area contributed by atoms with Gasteiger partial charge in [0.05, 0.1) is 11.9 Å². The second-order valence-corrected chi connectivity index (χ2v) is 3.83. The van der Waals surface area contributed by atoms with Gasteiger partial charge in [-0.3, -0.25) is 9.89 Å². The van der Waals surface area contributed by atoms with Crippen LogP contribution in [-0.4, -0.2) is 29.2 Å². The number of primary amides is 1. The van der Waals surface area contributed by atoms with E-state index in [2.05, 4.69) is 15.1 Å². The van der Waals surface area contributed by atoms with Crippen LogP contribution in [0.25, 0.3) is 0 Å². The van der Waals surface area contributed by atoms with Gasteiger partial charge in [0.15, 0.2) is 0 Å². The van der Waals surface area contributed by atoms with Gasteiger partial charge in [-0.2, -0.15) is 5.10 Å². The number of aromatic amines is 1. The number of piperidine rings is 1. The van der Waals surface area contributed by atoms with Gasteiger partial charge in [-0.15, -0.1) is 0 Å². The van der Waals surface area contributed by atoms with Crippen molar-refractivity contribution in [1.82, 2.24) is 10.2 Å². The van der Waals surface area contributed by atoms with Crippen molar-refractivity contribution < 1.29 is 4.79 Å². The molecule has 1 aromatic heterocycles. The maximum Gasteiger partial charge on any atom is 0.220 e. The minimum absolute atomic E-state index is 0.00868. The van der Waals surface area contributed by atoms with Crippen molar-refractivity contribution in [1.29, 1.82) is 0 Å². The third kappa shape index (κ3) is 1.88. The van der Waals surface area contributed by atoms with Crippen LogP contribution < -0.4 is 16.4 Å². The van der Waals surface area contributed by atoms with E-state index >= 15 is 0 Å². The third-order valence-corrected chi connectivity index (χ3v) is 2.89. The summed E-state index contributed by atoms with van der Waals surface area (Å²) >= 11 is 0. The van der Waals surface area contributed by atoms with Crippen LogP contribution >= 0.6 is 0 Å². The SMILES string of the molecule is NC(=O)C1CCN(c2cn[nH]c2N)CC1. The Bertz CT molecular complexity index is 353. The number of hydrogen-bond donors (Lipinski definition) is 3. The van der Waals surface area contributed by atoms with Crippen LogP contribution in [0.15, 0.2) is 6.20 Å². The number of hydrogen-bond acceptors (Lipinski definition) is 4. The molecular weight excluding hydrogens is 194 g/mol. The zero-order chi connectivity index (χ0) is 10.8. The molecule has 82 valence electrons. The molecule has 6 heteroatoms. The van der Waals surface area contributed by atoms with E-state index in [-0.39, 0.29) is 11.8 Å². The zero-order valence-electron chi connectivity index (χ0n) is 8.44. The molecule has 1 aliphatic rings. The first-order valence-electron chi connectivity index (χ1n) is 5.01. The van der Waals surface area contributed by atoms with Crippen LogP contribution in [0.1, 0.15) is 12.8 Å². The molecule has 1 fully saturated rings. The number of amides is 1. The van der Waals surface area contributed by atoms with Gasteiger partial charge in [0.2, 0.25) is 5.91 Å². The van der Waals surface area contributed by atoms with Crippen molar-refractivity contribution in [2.45, 2.75) is 12.8 Å². The van der Waals surface area contributed by atoms with E-state index in [1.165, 1.54) is 0 Å². The molecule has 15 heavy (non-hydrogen) atoms. The lowest BCUT2D eigenvalue weighted by Crippen LogP contribution is -2.38. The van der Waals surface area contributed by atoms with Crippen LogP contribution in [0, 0.1) is 5.92 Å². The summed E-state index contributed by atoms with van der Waals surface area (Å²) in [5.74, 6) is 0.386. The summed E-state index contributed by atoms with van der Waals surface area (Å²) in [6.45, 7) is 1.61. The molecule has 1 aromatic rings. The predicted octanol–water partition coefficient (Wildman–Crippen LogP) is -0.306. The van der Waals surface area contributed by atoms with E-state index < -0.39 is 0 Å². The largest absolute Gasteiger partial charge is 0.382 e. The number of carbonyl (C=O) groups is 1. The number of nitrogen functional groups attached to an aromatic ring is 1. The number of H-pyrrole nitrogens is 1. The Kier molecular flexibility index (Phi) is 2.49. The van der Waals surface area contributed by atoms with Crippen molar-refractivity contribution in [2.24, 2.45) is 11.7 Å². The van der Waals surface area contributed by atoms with Crippen LogP contribution in [-0.2, 0) is 4.79 Å². The van der Waals surface area contributed by atoms with Crippen molar-refractivity contribution in [3.05, 3.63) is 6.20 Å². The van der Waals surface area contributed by atoms with E-state index in [4.69, 9.17) is 11.5 Å². The van der Waals surface area contributed by atoms with Crippen LogP contribution in [0.2, 0.25) is 0 Å². The number of nitrogens with zero attached hydrogens (tertiary/aromatic N) is 2. The number of rotatable bonds is 2. The normalized spacial score (nSPS) is 18.0. The molecular formula is C9H15N5O. The van der Waals surface area contributed by atoms with Crippen molar-refractivity contribution in [3.63, 3.8) is 0 Å². The highest BCUT2D eigenvalue weighted by Crippen LogP contribution is 2.25. The van der Waals surface area contributed by atoms with Gasteiger partial charge in [-0.05, 0) is 12.8 Å². The summed E-state index contributed by atoms with van der Waals surface area (Å²) in [6.07, 6.45) is 3.29. The molecule has 0 aromatic carbocycles. The first kappa shape index (κ1) is 9.82. The minimum Gasteiger partial charge on any atom is -0.382 e. The fraction of sp³-hybridized carbons (Fsp3) is 0.556. The quantitative estimate of drug-likeness (QED) is 0.622. The van der Waals surface area contributed by atoms with E-state index in [1.54, 1.807) is 6.20 Å². The van der Waals surface area contributed by atoms with Gasteiger partial charge < -0.3 is 16.4 Å². The molecule has 1 saturated heterocycles. The fourth-order valence-corrected chi connectivity index (χ4v) is 1.95. The maximum atomic E-state index is 11.0. The summed E-state index contributed by atoms with van der Waals surface area (Å²) in [5.41, 5.74) is 11.9. The molecule has 0 saturated carbocycles. The van der Waals surface area contributed by atoms with Crippen molar-refractivity contribution >= 4 is 17.4 Å². The lowest BCUT2D eigenvalue weighted by Gasteiger charge is -2.31. The molecule has 0 spiro atoms. The highest BCUT2D eigenvalue weighted by atomic mass is 16.1. The van der Waals surface area contributed by atoms with Crippen molar-refractivity contribution in [3.8, 4) is 0 Å². The Morgan fingerprint density at radius 1 is 1.53 bits per heavy atom. The molecule has 1 aliphatic heterocycles. The van der Waals surface area contributed by atoms with Gasteiger partial charge in [0.1, 0.15) is 5.82 Å². The number of carbonyl (C=O) groups excluding carboxylic acids is 1. The molecule has 2 rings (SSSR count). The van der Waals surface area contributed by atoms with Crippen LogP contribution in [0.3, 0.4) is 0 Å². The molecule has 0 atom stereocenters. The number of aromatic nitrogens is 2. The topological polar surface area (TPSA) is 101 Å². The number of nitrogens with two attached hydrogens (primary N) is 2. The van der Waals surface area contributed by atoms with Gasteiger partial charge in [-0.25, -0.2) is 0 Å². The van der Waals surface area contributed by atoms with Gasteiger partial charge >= 0.3 is 0 Å². The molecule has 6 nitrogen and oxygen atoms in total. The summed E-state index contributed by atoms with van der Waals surface area (Å²) in [6, 6.07) is 0. The summed E-state index contributed by atoms with van der Waals surface area (Å²) in [5, 5.41) is 6.56. The summed E-state index contributed by atoms with van der Waals surface area (Å²) < 4.78 is 0. The van der Waals surface area contributed by atoms with Gasteiger partial charge in [0, 0.05) is 19.0 Å². The molecule has 5 N–H and O–H groups in total. The first-order valence-corrected chi connectivity index (χ1v) is 5.01. The fourth-order valence-electron chi connectivity index (χ4n) is 1.95. The summed E-state index contributed by atoms with van der Waals surface area (Å²) in [7, 11) is 0. The standard InChI is InChI=1S/C9H15N5O/c10-8-7(5-12-13-8)14-3-1-6(2-4-14)9(11)15/h5-6H,1-4H2,(H2,11,15)(H3,10,12,13). The maximum absolute atomic E-state index is 11.0. The Morgan fingerprint density at radius 3 is 2.67 bits per heavy atom. The molecule has 2 heterocycles. The van der Waals surface area contributed by atoms with Crippen LogP contribution in [0.5, 0.6) is 0 Å². The lowest BCUT2D eigenvalue weighted by molar-refractivity contribution is -0.122. The molecule has 0 radical (unpaired) electrons. The predicted molar refractivity (Wildman–Crippen MR) is 57.1 cm³/mol. The Balaban J connectivity index is 2.00. The van der Waals surface area contributed by atoms with Crippen LogP contribution in [0.4, 0.5) is 11.5 Å². The van der Waals surface area contributed by atoms with Crippen molar-refractivity contribution in [2.75, 3.05) is 23.7 Å². The second-order valence-electron chi connectivity index (χ2n) is 3.83. The third-order valence-electron chi connectivity index (χ3n) is 2.89. The van der Waals surface area contributed by atoms with E-state index in [9.17, 15) is 4.79 Å². The average molecular weight is 209 g/mol. The van der Waals surface area contributed by atoms with E-state index in [0.29, 0.717) is 5.82 Å². The lowest BCUT2D eigenvalue weighted by atomic mass is 9.96. The minimum atomic E-state index is -0.199. The first-order chi connectivity index (χ1) is 7.18. The number of nitrogens with one attached hydrogen (secondary N) is 1. The highest BCUT2D eigenvalue weighted by Gasteiger charge is 2.24. The molecule has 1 amide bonds. The van der Waals surface area contributed by atoms with E-state index in [0.717, 1.165) is 31.6 Å². The van der Waals surface area contributed by atoms with Gasteiger partial charge in [-0.1, -0.05) is 0 Å². The second kappa shape index (κ2) is 3.80. The molecule has 0 aliphatic carbocycles. The van der Waals surface area contributed by atoms with E-state index in [1.807, 2.05) is 0 Å². The number of anilines is 2. The monoisotopic (exact) mass is 209 g/mol.